The molecule has 0 saturated carbocycles. The number of aliphatic hydroxyl groups is 1. The van der Waals surface area contributed by atoms with Gasteiger partial charge in [0.05, 0.1) is 6.10 Å². The third-order valence-electron chi connectivity index (χ3n) is 2.92. The van der Waals surface area contributed by atoms with Gasteiger partial charge < -0.3 is 15.6 Å². The first-order chi connectivity index (χ1) is 8.00. The third kappa shape index (κ3) is 3.28. The maximum absolute atomic E-state index is 11.8. The van der Waals surface area contributed by atoms with Crippen LogP contribution in [-0.4, -0.2) is 22.7 Å². The summed E-state index contributed by atoms with van der Waals surface area (Å²) in [7, 11) is 0. The molecule has 0 amide bonds. The van der Waals surface area contributed by atoms with E-state index in [9.17, 15) is 9.90 Å². The normalized spacial score (nSPS) is 16.0. The van der Waals surface area contributed by atoms with Crippen LogP contribution in [0.2, 0.25) is 0 Å². The molecule has 4 nitrogen and oxygen atoms in total. The van der Waals surface area contributed by atoms with Crippen LogP contribution in [0.4, 0.5) is 0 Å². The largest absolute Gasteiger partial charge is 0.459 e. The number of aliphatic hydroxyl groups excluding tert-OH is 1. The SMILES string of the molecule is CC[C@@](N)(C(=O)OCc1ccccc1)[C@@H](C)O. The molecule has 0 heterocycles. The van der Waals surface area contributed by atoms with Crippen molar-refractivity contribution in [2.24, 2.45) is 5.73 Å². The fourth-order valence-corrected chi connectivity index (χ4v) is 1.47. The minimum Gasteiger partial charge on any atom is -0.459 e. The molecular weight excluding hydrogens is 218 g/mol. The van der Waals surface area contributed by atoms with Gasteiger partial charge in [-0.3, -0.25) is 0 Å². The second-order valence-electron chi connectivity index (χ2n) is 4.13. The average molecular weight is 237 g/mol. The molecule has 17 heavy (non-hydrogen) atoms. The standard InChI is InChI=1S/C13H19NO3/c1-3-13(14,10(2)15)12(16)17-9-11-7-5-4-6-8-11/h4-8,10,15H,3,9,14H2,1-2H3/t10-,13+/m1/s1. The number of carbonyl (C=O) groups is 1. The summed E-state index contributed by atoms with van der Waals surface area (Å²) in [5.41, 5.74) is 5.39. The lowest BCUT2D eigenvalue weighted by Gasteiger charge is -2.28. The Labute approximate surface area is 101 Å². The Morgan fingerprint density at radius 3 is 2.53 bits per heavy atom. The number of ether oxygens (including phenoxy) is 1. The van der Waals surface area contributed by atoms with Crippen LogP contribution in [0.1, 0.15) is 25.8 Å². The first kappa shape index (κ1) is 13.7. The number of nitrogens with two attached hydrogens (primary N) is 1. The lowest BCUT2D eigenvalue weighted by Crippen LogP contribution is -2.56. The highest BCUT2D eigenvalue weighted by Gasteiger charge is 2.38. The van der Waals surface area contributed by atoms with Crippen LogP contribution in [0, 0.1) is 0 Å². The summed E-state index contributed by atoms with van der Waals surface area (Å²) in [4.78, 5) is 11.8. The van der Waals surface area contributed by atoms with Crippen molar-refractivity contribution in [1.29, 1.82) is 0 Å². The van der Waals surface area contributed by atoms with Gasteiger partial charge in [0.15, 0.2) is 0 Å². The Morgan fingerprint density at radius 1 is 1.47 bits per heavy atom. The van der Waals surface area contributed by atoms with Crippen molar-refractivity contribution in [2.75, 3.05) is 0 Å². The predicted octanol–water partition coefficient (Wildman–Crippen LogP) is 1.22. The van der Waals surface area contributed by atoms with Crippen molar-refractivity contribution in [3.05, 3.63) is 35.9 Å². The highest BCUT2D eigenvalue weighted by Crippen LogP contribution is 2.15. The van der Waals surface area contributed by atoms with Crippen molar-refractivity contribution in [2.45, 2.75) is 38.5 Å². The van der Waals surface area contributed by atoms with Crippen LogP contribution in [0.5, 0.6) is 0 Å². The van der Waals surface area contributed by atoms with E-state index in [1.54, 1.807) is 6.92 Å². The molecule has 0 bridgehead atoms. The molecule has 0 aliphatic heterocycles. The molecule has 0 saturated heterocycles. The summed E-state index contributed by atoms with van der Waals surface area (Å²) in [5.74, 6) is -0.571. The molecule has 0 aromatic heterocycles. The summed E-state index contributed by atoms with van der Waals surface area (Å²) in [6.45, 7) is 3.41. The molecule has 0 aliphatic rings. The fourth-order valence-electron chi connectivity index (χ4n) is 1.47. The summed E-state index contributed by atoms with van der Waals surface area (Å²) < 4.78 is 5.12. The zero-order valence-electron chi connectivity index (χ0n) is 10.2. The first-order valence-electron chi connectivity index (χ1n) is 5.68. The Morgan fingerprint density at radius 2 is 2.06 bits per heavy atom. The van der Waals surface area contributed by atoms with Crippen LogP contribution < -0.4 is 5.73 Å². The van der Waals surface area contributed by atoms with E-state index in [1.165, 1.54) is 6.92 Å². The molecule has 0 aliphatic carbocycles. The van der Waals surface area contributed by atoms with E-state index in [0.717, 1.165) is 5.56 Å². The molecule has 1 aromatic rings. The number of carbonyl (C=O) groups excluding carboxylic acids is 1. The van der Waals surface area contributed by atoms with Gasteiger partial charge in [0, 0.05) is 0 Å². The lowest BCUT2D eigenvalue weighted by atomic mass is 9.92. The van der Waals surface area contributed by atoms with Gasteiger partial charge in [-0.05, 0) is 18.9 Å². The van der Waals surface area contributed by atoms with Crippen molar-refractivity contribution in [3.8, 4) is 0 Å². The zero-order chi connectivity index (χ0) is 12.9. The Balaban J connectivity index is 2.61. The topological polar surface area (TPSA) is 72.6 Å². The number of hydrogen-bond acceptors (Lipinski definition) is 4. The number of rotatable bonds is 5. The van der Waals surface area contributed by atoms with E-state index in [2.05, 4.69) is 0 Å². The molecule has 0 spiro atoms. The van der Waals surface area contributed by atoms with E-state index < -0.39 is 17.6 Å². The molecule has 3 N–H and O–H groups in total. The summed E-state index contributed by atoms with van der Waals surface area (Å²) >= 11 is 0. The number of benzene rings is 1. The quantitative estimate of drug-likeness (QED) is 0.755. The van der Waals surface area contributed by atoms with Crippen LogP contribution in [0.25, 0.3) is 0 Å². The van der Waals surface area contributed by atoms with Crippen molar-refractivity contribution in [1.82, 2.24) is 0 Å². The van der Waals surface area contributed by atoms with Gasteiger partial charge in [-0.15, -0.1) is 0 Å². The molecule has 1 aromatic carbocycles. The van der Waals surface area contributed by atoms with Crippen LogP contribution in [-0.2, 0) is 16.1 Å². The number of esters is 1. The van der Waals surface area contributed by atoms with Crippen LogP contribution >= 0.6 is 0 Å². The monoisotopic (exact) mass is 237 g/mol. The van der Waals surface area contributed by atoms with Gasteiger partial charge in [-0.1, -0.05) is 37.3 Å². The average Bonchev–Trinajstić information content (AvgIpc) is 2.35. The van der Waals surface area contributed by atoms with Gasteiger partial charge in [0.2, 0.25) is 0 Å². The van der Waals surface area contributed by atoms with Gasteiger partial charge >= 0.3 is 5.97 Å². The van der Waals surface area contributed by atoms with Crippen molar-refractivity contribution in [3.63, 3.8) is 0 Å². The highest BCUT2D eigenvalue weighted by molar-refractivity contribution is 5.81. The molecule has 0 radical (unpaired) electrons. The predicted molar refractivity (Wildman–Crippen MR) is 65.1 cm³/mol. The minimum absolute atomic E-state index is 0.172. The van der Waals surface area contributed by atoms with Crippen molar-refractivity contribution >= 4 is 5.97 Å². The maximum atomic E-state index is 11.8. The molecular formula is C13H19NO3. The van der Waals surface area contributed by atoms with Gasteiger partial charge in [0.1, 0.15) is 12.1 Å². The van der Waals surface area contributed by atoms with Gasteiger partial charge in [-0.25, -0.2) is 4.79 Å². The Hall–Kier alpha value is -1.39. The first-order valence-corrected chi connectivity index (χ1v) is 5.68. The van der Waals surface area contributed by atoms with Crippen LogP contribution in [0.3, 0.4) is 0 Å². The minimum atomic E-state index is -1.32. The fraction of sp³-hybridized carbons (Fsp3) is 0.462. The third-order valence-corrected chi connectivity index (χ3v) is 2.92. The van der Waals surface area contributed by atoms with E-state index in [-0.39, 0.29) is 6.61 Å². The second kappa shape index (κ2) is 5.80. The molecule has 2 atom stereocenters. The smallest absolute Gasteiger partial charge is 0.329 e. The lowest BCUT2D eigenvalue weighted by molar-refractivity contribution is -0.156. The summed E-state index contributed by atoms with van der Waals surface area (Å²) in [6, 6.07) is 9.35. The van der Waals surface area contributed by atoms with Gasteiger partial charge in [-0.2, -0.15) is 0 Å². The molecule has 0 fully saturated rings. The summed E-state index contributed by atoms with van der Waals surface area (Å²) in [6.07, 6.45) is -0.603. The van der Waals surface area contributed by atoms with Crippen molar-refractivity contribution < 1.29 is 14.6 Å². The number of hydrogen-bond donors (Lipinski definition) is 2. The Kier molecular flexibility index (Phi) is 4.66. The van der Waals surface area contributed by atoms with E-state index in [0.29, 0.717) is 6.42 Å². The van der Waals surface area contributed by atoms with E-state index in [4.69, 9.17) is 10.5 Å². The van der Waals surface area contributed by atoms with E-state index >= 15 is 0 Å². The summed E-state index contributed by atoms with van der Waals surface area (Å²) in [5, 5.41) is 9.51. The molecule has 1 rings (SSSR count). The van der Waals surface area contributed by atoms with E-state index in [1.807, 2.05) is 30.3 Å². The highest BCUT2D eigenvalue weighted by atomic mass is 16.5. The maximum Gasteiger partial charge on any atom is 0.329 e. The second-order valence-corrected chi connectivity index (χ2v) is 4.13. The molecule has 4 heteroatoms. The zero-order valence-corrected chi connectivity index (χ0v) is 10.2. The van der Waals surface area contributed by atoms with Crippen LogP contribution in [0.15, 0.2) is 30.3 Å². The Bertz CT molecular complexity index is 364. The molecule has 94 valence electrons. The van der Waals surface area contributed by atoms with Gasteiger partial charge in [0.25, 0.3) is 0 Å². The molecule has 0 unspecified atom stereocenters.